The van der Waals surface area contributed by atoms with Crippen LogP contribution in [-0.2, 0) is 6.42 Å². The van der Waals surface area contributed by atoms with Gasteiger partial charge in [-0.25, -0.2) is 4.39 Å². The van der Waals surface area contributed by atoms with Gasteiger partial charge in [0.2, 0.25) is 0 Å². The van der Waals surface area contributed by atoms with Crippen LogP contribution in [0.15, 0.2) is 10.5 Å². The van der Waals surface area contributed by atoms with E-state index in [2.05, 4.69) is 15.9 Å². The molecule has 0 bridgehead atoms. The molecule has 0 radical (unpaired) electrons. The van der Waals surface area contributed by atoms with Gasteiger partial charge in [0, 0.05) is 5.56 Å². The molecule has 0 aliphatic rings. The Morgan fingerprint density at radius 3 is 2.62 bits per heavy atom. The first-order chi connectivity index (χ1) is 6.07. The summed E-state index contributed by atoms with van der Waals surface area (Å²) in [6.45, 7) is 0. The molecule has 3 nitrogen and oxygen atoms in total. The van der Waals surface area contributed by atoms with Crippen LogP contribution in [0.3, 0.4) is 0 Å². The lowest BCUT2D eigenvalue weighted by Gasteiger charge is -2.05. The van der Waals surface area contributed by atoms with Crippen LogP contribution in [0.5, 0.6) is 11.5 Å². The van der Waals surface area contributed by atoms with Gasteiger partial charge in [-0.05, 0) is 22.0 Å². The van der Waals surface area contributed by atoms with Gasteiger partial charge >= 0.3 is 0 Å². The van der Waals surface area contributed by atoms with Gasteiger partial charge in [-0.15, -0.1) is 0 Å². The summed E-state index contributed by atoms with van der Waals surface area (Å²) in [5.74, 6) is -1.82. The lowest BCUT2D eigenvalue weighted by molar-refractivity contribution is 0.411. The van der Waals surface area contributed by atoms with Gasteiger partial charge < -0.3 is 10.2 Å². The van der Waals surface area contributed by atoms with E-state index in [0.29, 0.717) is 0 Å². The zero-order valence-corrected chi connectivity index (χ0v) is 7.97. The average molecular weight is 246 g/mol. The van der Waals surface area contributed by atoms with Crippen LogP contribution >= 0.6 is 15.9 Å². The van der Waals surface area contributed by atoms with E-state index in [1.54, 1.807) is 6.07 Å². The van der Waals surface area contributed by atoms with E-state index in [4.69, 9.17) is 10.4 Å². The van der Waals surface area contributed by atoms with Crippen molar-refractivity contribution < 1.29 is 14.6 Å². The van der Waals surface area contributed by atoms with Gasteiger partial charge in [0.15, 0.2) is 11.6 Å². The lowest BCUT2D eigenvalue weighted by atomic mass is 10.1. The summed E-state index contributed by atoms with van der Waals surface area (Å²) in [4.78, 5) is 0. The second kappa shape index (κ2) is 3.62. The maximum absolute atomic E-state index is 12.8. The molecule has 0 aromatic heterocycles. The molecular formula is C8H5BrFNO2. The van der Waals surface area contributed by atoms with E-state index >= 15 is 0 Å². The van der Waals surface area contributed by atoms with Crippen LogP contribution in [0.25, 0.3) is 0 Å². The summed E-state index contributed by atoms with van der Waals surface area (Å²) in [6.07, 6.45) is -0.109. The third-order valence-electron chi connectivity index (χ3n) is 1.52. The molecule has 0 saturated heterocycles. The van der Waals surface area contributed by atoms with Crippen molar-refractivity contribution in [1.29, 1.82) is 5.26 Å². The maximum atomic E-state index is 12.8. The maximum Gasteiger partial charge on any atom is 0.169 e. The molecular weight excluding hydrogens is 241 g/mol. The Balaban J connectivity index is 3.34. The summed E-state index contributed by atoms with van der Waals surface area (Å²) >= 11 is 2.80. The van der Waals surface area contributed by atoms with E-state index in [9.17, 15) is 9.50 Å². The molecule has 1 aromatic rings. The van der Waals surface area contributed by atoms with E-state index in [-0.39, 0.29) is 22.2 Å². The Labute approximate surface area is 82.2 Å². The minimum Gasteiger partial charge on any atom is -0.506 e. The molecule has 0 aliphatic carbocycles. The fourth-order valence-corrected chi connectivity index (χ4v) is 1.31. The first-order valence-electron chi connectivity index (χ1n) is 3.33. The van der Waals surface area contributed by atoms with Crippen LogP contribution in [0.1, 0.15) is 5.56 Å². The van der Waals surface area contributed by atoms with Crippen molar-refractivity contribution in [2.75, 3.05) is 0 Å². The van der Waals surface area contributed by atoms with Gasteiger partial charge in [0.25, 0.3) is 0 Å². The number of benzene rings is 1. The lowest BCUT2D eigenvalue weighted by Crippen LogP contribution is -1.88. The van der Waals surface area contributed by atoms with Crippen LogP contribution in [0.4, 0.5) is 4.39 Å². The highest BCUT2D eigenvalue weighted by Crippen LogP contribution is 2.37. The quantitative estimate of drug-likeness (QED) is 0.797. The Morgan fingerprint density at radius 1 is 1.46 bits per heavy atom. The number of phenols is 2. The van der Waals surface area contributed by atoms with Crippen LogP contribution in [0.2, 0.25) is 0 Å². The SMILES string of the molecule is N#CCc1cc(F)c(O)c(Br)c1O. The molecule has 0 atom stereocenters. The minimum absolute atomic E-state index is 0.109. The number of halogens is 2. The van der Waals surface area contributed by atoms with Crippen LogP contribution in [-0.4, -0.2) is 10.2 Å². The van der Waals surface area contributed by atoms with Gasteiger partial charge in [0.1, 0.15) is 10.2 Å². The van der Waals surface area contributed by atoms with Crippen molar-refractivity contribution in [3.05, 3.63) is 21.9 Å². The molecule has 13 heavy (non-hydrogen) atoms. The predicted molar refractivity (Wildman–Crippen MR) is 46.7 cm³/mol. The van der Waals surface area contributed by atoms with Gasteiger partial charge in [-0.3, -0.25) is 0 Å². The molecule has 1 rings (SSSR count). The van der Waals surface area contributed by atoms with Crippen molar-refractivity contribution in [3.8, 4) is 17.6 Å². The fourth-order valence-electron chi connectivity index (χ4n) is 0.868. The molecule has 68 valence electrons. The summed E-state index contributed by atoms with van der Waals surface area (Å²) in [5, 5.41) is 26.7. The number of nitrogens with zero attached hydrogens (tertiary/aromatic N) is 1. The van der Waals surface area contributed by atoms with Crippen molar-refractivity contribution in [3.63, 3.8) is 0 Å². The van der Waals surface area contributed by atoms with Crippen molar-refractivity contribution in [2.45, 2.75) is 6.42 Å². The first-order valence-corrected chi connectivity index (χ1v) is 4.13. The molecule has 0 fully saturated rings. The fraction of sp³-hybridized carbons (Fsp3) is 0.125. The minimum atomic E-state index is -0.866. The smallest absolute Gasteiger partial charge is 0.169 e. The van der Waals surface area contributed by atoms with Crippen LogP contribution in [0, 0.1) is 17.1 Å². The third kappa shape index (κ3) is 1.73. The van der Waals surface area contributed by atoms with E-state index < -0.39 is 11.6 Å². The summed E-state index contributed by atoms with van der Waals surface area (Å²) in [7, 11) is 0. The first kappa shape index (κ1) is 9.81. The Kier molecular flexibility index (Phi) is 2.73. The van der Waals surface area contributed by atoms with Crippen LogP contribution < -0.4 is 0 Å². The summed E-state index contributed by atoms with van der Waals surface area (Å²) in [5.41, 5.74) is 0.143. The molecule has 0 heterocycles. The van der Waals surface area contributed by atoms with Gasteiger partial charge in [-0.2, -0.15) is 5.26 Å². The largest absolute Gasteiger partial charge is 0.506 e. The molecule has 1 aromatic carbocycles. The van der Waals surface area contributed by atoms with E-state index in [0.717, 1.165) is 6.07 Å². The number of nitriles is 1. The highest BCUT2D eigenvalue weighted by molar-refractivity contribution is 9.10. The monoisotopic (exact) mass is 245 g/mol. The summed E-state index contributed by atoms with van der Waals surface area (Å²) < 4.78 is 12.7. The van der Waals surface area contributed by atoms with E-state index in [1.165, 1.54) is 0 Å². The molecule has 0 unspecified atom stereocenters. The van der Waals surface area contributed by atoms with Crippen molar-refractivity contribution in [2.24, 2.45) is 0 Å². The zero-order chi connectivity index (χ0) is 10.0. The third-order valence-corrected chi connectivity index (χ3v) is 2.27. The van der Waals surface area contributed by atoms with Gasteiger partial charge in [-0.1, -0.05) is 0 Å². The molecule has 5 heteroatoms. The molecule has 0 amide bonds. The number of aromatic hydroxyl groups is 2. The number of hydrogen-bond acceptors (Lipinski definition) is 3. The highest BCUT2D eigenvalue weighted by Gasteiger charge is 2.14. The Bertz CT molecular complexity index is 387. The number of hydrogen-bond donors (Lipinski definition) is 2. The normalized spacial score (nSPS) is 9.62. The number of phenolic OH excluding ortho intramolecular Hbond substituents is 2. The highest BCUT2D eigenvalue weighted by atomic mass is 79.9. The second-order valence-corrected chi connectivity index (χ2v) is 3.16. The molecule has 0 spiro atoms. The molecule has 2 N–H and O–H groups in total. The molecule has 0 saturated carbocycles. The topological polar surface area (TPSA) is 64.2 Å². The van der Waals surface area contributed by atoms with E-state index in [1.807, 2.05) is 0 Å². The van der Waals surface area contributed by atoms with Crippen molar-refractivity contribution >= 4 is 15.9 Å². The average Bonchev–Trinajstić information content (AvgIpc) is 2.11. The van der Waals surface area contributed by atoms with Gasteiger partial charge in [0.05, 0.1) is 12.5 Å². The predicted octanol–water partition coefficient (Wildman–Crippen LogP) is 2.07. The molecule has 0 aliphatic heterocycles. The second-order valence-electron chi connectivity index (χ2n) is 2.36. The zero-order valence-electron chi connectivity index (χ0n) is 6.38. The Hall–Kier alpha value is -1.28. The Morgan fingerprint density at radius 2 is 2.08 bits per heavy atom. The number of rotatable bonds is 1. The summed E-state index contributed by atoms with van der Waals surface area (Å²) in [6, 6.07) is 2.70. The standard InChI is InChI=1S/C8H5BrFNO2/c9-6-7(12)4(1-2-11)3-5(10)8(6)13/h3,12-13H,1H2. The van der Waals surface area contributed by atoms with Crippen molar-refractivity contribution in [1.82, 2.24) is 0 Å².